The highest BCUT2D eigenvalue weighted by Crippen LogP contribution is 2.45. The van der Waals surface area contributed by atoms with Gasteiger partial charge in [0.25, 0.3) is 0 Å². The van der Waals surface area contributed by atoms with E-state index >= 15 is 0 Å². The molecule has 1 nitrogen and oxygen atoms in total. The van der Waals surface area contributed by atoms with Gasteiger partial charge in [-0.3, -0.25) is 0 Å². The Labute approximate surface area is 130 Å². The smallest absolute Gasteiger partial charge is 0.127 e. The van der Waals surface area contributed by atoms with Crippen LogP contribution in [0.1, 0.15) is 45.6 Å². The van der Waals surface area contributed by atoms with Crippen molar-refractivity contribution in [2.45, 2.75) is 52.5 Å². The van der Waals surface area contributed by atoms with Gasteiger partial charge in [-0.1, -0.05) is 49.2 Å². The van der Waals surface area contributed by atoms with Crippen LogP contribution in [-0.2, 0) is 6.42 Å². The van der Waals surface area contributed by atoms with Gasteiger partial charge in [0.05, 0.1) is 0 Å². The van der Waals surface area contributed by atoms with Crippen LogP contribution in [0.3, 0.4) is 0 Å². The van der Waals surface area contributed by atoms with Gasteiger partial charge in [0.15, 0.2) is 0 Å². The van der Waals surface area contributed by atoms with Crippen LogP contribution in [0, 0.1) is 17.2 Å². The van der Waals surface area contributed by atoms with Crippen LogP contribution in [0.5, 0.6) is 0 Å². The Bertz CT molecular complexity index is 458. The SMILES string of the molecule is CCNC(Cc1ccc(Br)cc1F)C1CCCC1(C)C. The number of nitrogens with one attached hydrogen (secondary N) is 1. The zero-order chi connectivity index (χ0) is 14.8. The molecule has 0 aliphatic heterocycles. The lowest BCUT2D eigenvalue weighted by Crippen LogP contribution is -2.42. The topological polar surface area (TPSA) is 12.0 Å². The number of halogens is 2. The van der Waals surface area contributed by atoms with E-state index in [9.17, 15) is 4.39 Å². The maximum Gasteiger partial charge on any atom is 0.127 e. The quantitative estimate of drug-likeness (QED) is 0.800. The lowest BCUT2D eigenvalue weighted by Gasteiger charge is -2.35. The molecule has 3 heteroatoms. The first-order valence-electron chi connectivity index (χ1n) is 7.61. The summed E-state index contributed by atoms with van der Waals surface area (Å²) in [6.45, 7) is 7.78. The molecule has 0 radical (unpaired) electrons. The fourth-order valence-corrected chi connectivity index (χ4v) is 3.98. The molecule has 1 aliphatic carbocycles. The molecule has 0 heterocycles. The highest BCUT2D eigenvalue weighted by Gasteiger charge is 2.39. The summed E-state index contributed by atoms with van der Waals surface area (Å²) in [5.41, 5.74) is 1.18. The van der Waals surface area contributed by atoms with Crippen LogP contribution in [0.2, 0.25) is 0 Å². The minimum Gasteiger partial charge on any atom is -0.314 e. The normalized spacial score (nSPS) is 22.9. The molecule has 0 bridgehead atoms. The van der Waals surface area contributed by atoms with Crippen molar-refractivity contribution in [1.82, 2.24) is 5.32 Å². The van der Waals surface area contributed by atoms with Gasteiger partial charge < -0.3 is 5.32 Å². The summed E-state index contributed by atoms with van der Waals surface area (Å²) in [4.78, 5) is 0. The maximum atomic E-state index is 14.1. The van der Waals surface area contributed by atoms with E-state index in [1.807, 2.05) is 12.1 Å². The molecule has 1 aromatic carbocycles. The Morgan fingerprint density at radius 1 is 1.45 bits per heavy atom. The van der Waals surface area contributed by atoms with Crippen molar-refractivity contribution < 1.29 is 4.39 Å². The first kappa shape index (κ1) is 16.0. The molecular weight excluding hydrogens is 317 g/mol. The van der Waals surface area contributed by atoms with Crippen LogP contribution in [0.4, 0.5) is 4.39 Å². The van der Waals surface area contributed by atoms with E-state index in [-0.39, 0.29) is 5.82 Å². The van der Waals surface area contributed by atoms with Crippen molar-refractivity contribution in [3.05, 3.63) is 34.1 Å². The van der Waals surface area contributed by atoms with Gasteiger partial charge in [0, 0.05) is 10.5 Å². The van der Waals surface area contributed by atoms with Crippen molar-refractivity contribution in [1.29, 1.82) is 0 Å². The zero-order valence-electron chi connectivity index (χ0n) is 12.7. The molecular formula is C17H25BrFN. The van der Waals surface area contributed by atoms with E-state index < -0.39 is 0 Å². The summed E-state index contributed by atoms with van der Waals surface area (Å²) >= 11 is 3.32. The van der Waals surface area contributed by atoms with Crippen LogP contribution >= 0.6 is 15.9 Å². The van der Waals surface area contributed by atoms with E-state index in [0.717, 1.165) is 23.0 Å². The largest absolute Gasteiger partial charge is 0.314 e. The van der Waals surface area contributed by atoms with E-state index in [2.05, 4.69) is 42.0 Å². The molecule has 20 heavy (non-hydrogen) atoms. The Morgan fingerprint density at radius 2 is 2.20 bits per heavy atom. The van der Waals surface area contributed by atoms with Gasteiger partial charge in [0.1, 0.15) is 5.82 Å². The minimum absolute atomic E-state index is 0.0990. The second kappa shape index (κ2) is 6.57. The van der Waals surface area contributed by atoms with Gasteiger partial charge in [-0.15, -0.1) is 0 Å². The summed E-state index contributed by atoms with van der Waals surface area (Å²) in [7, 11) is 0. The van der Waals surface area contributed by atoms with E-state index in [0.29, 0.717) is 17.4 Å². The van der Waals surface area contributed by atoms with Crippen LogP contribution in [0.15, 0.2) is 22.7 Å². The molecule has 1 N–H and O–H groups in total. The van der Waals surface area contributed by atoms with Crippen molar-refractivity contribution >= 4 is 15.9 Å². The summed E-state index contributed by atoms with van der Waals surface area (Å²) in [6, 6.07) is 5.78. The molecule has 112 valence electrons. The first-order chi connectivity index (χ1) is 9.44. The molecule has 0 amide bonds. The van der Waals surface area contributed by atoms with Crippen LogP contribution in [-0.4, -0.2) is 12.6 Å². The Kier molecular flexibility index (Phi) is 5.25. The monoisotopic (exact) mass is 341 g/mol. The average Bonchev–Trinajstić information content (AvgIpc) is 2.71. The van der Waals surface area contributed by atoms with Gasteiger partial charge in [-0.2, -0.15) is 0 Å². The fraction of sp³-hybridized carbons (Fsp3) is 0.647. The Morgan fingerprint density at radius 3 is 2.75 bits per heavy atom. The molecule has 0 aromatic heterocycles. The highest BCUT2D eigenvalue weighted by atomic mass is 79.9. The third-order valence-corrected chi connectivity index (χ3v) is 5.24. The second-order valence-corrected chi connectivity index (χ2v) is 7.51. The summed E-state index contributed by atoms with van der Waals surface area (Å²) in [5, 5.41) is 3.59. The van der Waals surface area contributed by atoms with Crippen LogP contribution in [0.25, 0.3) is 0 Å². The molecule has 2 atom stereocenters. The molecule has 1 aromatic rings. The van der Waals surface area contributed by atoms with Crippen molar-refractivity contribution in [3.63, 3.8) is 0 Å². The maximum absolute atomic E-state index is 14.1. The number of hydrogen-bond acceptors (Lipinski definition) is 1. The van der Waals surface area contributed by atoms with Gasteiger partial charge >= 0.3 is 0 Å². The molecule has 0 spiro atoms. The number of likely N-dealkylation sites (N-methyl/N-ethyl adjacent to an activating group) is 1. The fourth-order valence-electron chi connectivity index (χ4n) is 3.64. The number of hydrogen-bond donors (Lipinski definition) is 1. The third kappa shape index (κ3) is 3.62. The molecule has 0 saturated heterocycles. The number of rotatable bonds is 5. The van der Waals surface area contributed by atoms with Gasteiger partial charge in [0.2, 0.25) is 0 Å². The predicted molar refractivity (Wildman–Crippen MR) is 86.4 cm³/mol. The molecule has 1 aliphatic rings. The molecule has 1 fully saturated rings. The first-order valence-corrected chi connectivity index (χ1v) is 8.40. The van der Waals surface area contributed by atoms with Crippen LogP contribution < -0.4 is 5.32 Å². The number of benzene rings is 1. The Balaban J connectivity index is 2.17. The highest BCUT2D eigenvalue weighted by molar-refractivity contribution is 9.10. The lowest BCUT2D eigenvalue weighted by atomic mass is 9.76. The standard InChI is InChI=1S/C17H25BrFN/c1-4-20-16(14-6-5-9-17(14,2)3)10-12-7-8-13(18)11-15(12)19/h7-8,11,14,16,20H,4-6,9-10H2,1-3H3. The zero-order valence-corrected chi connectivity index (χ0v) is 14.3. The predicted octanol–water partition coefficient (Wildman–Crippen LogP) is 4.94. The molecule has 1 saturated carbocycles. The van der Waals surface area contributed by atoms with E-state index in [4.69, 9.17) is 0 Å². The second-order valence-electron chi connectivity index (χ2n) is 6.59. The van der Waals surface area contributed by atoms with Crippen molar-refractivity contribution in [3.8, 4) is 0 Å². The van der Waals surface area contributed by atoms with Gasteiger partial charge in [-0.05, 0) is 54.8 Å². The van der Waals surface area contributed by atoms with Gasteiger partial charge in [-0.25, -0.2) is 4.39 Å². The average molecular weight is 342 g/mol. The molecule has 2 rings (SSSR count). The third-order valence-electron chi connectivity index (χ3n) is 4.75. The summed E-state index contributed by atoms with van der Waals surface area (Å²) in [5.74, 6) is 0.531. The van der Waals surface area contributed by atoms with Crippen molar-refractivity contribution in [2.24, 2.45) is 11.3 Å². The Hall–Kier alpha value is -0.410. The van der Waals surface area contributed by atoms with E-state index in [1.54, 1.807) is 6.07 Å². The summed E-state index contributed by atoms with van der Waals surface area (Å²) in [6.07, 6.45) is 4.61. The summed E-state index contributed by atoms with van der Waals surface area (Å²) < 4.78 is 14.9. The molecule has 2 unspecified atom stereocenters. The van der Waals surface area contributed by atoms with Crippen molar-refractivity contribution in [2.75, 3.05) is 6.54 Å². The minimum atomic E-state index is -0.0990. The van der Waals surface area contributed by atoms with E-state index in [1.165, 1.54) is 19.3 Å². The lowest BCUT2D eigenvalue weighted by molar-refractivity contribution is 0.196.